The van der Waals surface area contributed by atoms with Crippen molar-refractivity contribution in [2.24, 2.45) is 5.92 Å². The molecule has 1 aromatic carbocycles. The lowest BCUT2D eigenvalue weighted by molar-refractivity contribution is 0.335. The van der Waals surface area contributed by atoms with E-state index in [9.17, 15) is 9.50 Å². The first kappa shape index (κ1) is 16.3. The van der Waals surface area contributed by atoms with E-state index in [0.717, 1.165) is 31.9 Å². The lowest BCUT2D eigenvalue weighted by Gasteiger charge is -2.19. The van der Waals surface area contributed by atoms with E-state index in [1.165, 1.54) is 0 Å². The quantitative estimate of drug-likeness (QED) is 0.816. The number of halogens is 2. The predicted molar refractivity (Wildman–Crippen MR) is 78.3 cm³/mol. The minimum Gasteiger partial charge on any atom is -0.508 e. The van der Waals surface area contributed by atoms with Crippen LogP contribution in [-0.2, 0) is 6.42 Å². The summed E-state index contributed by atoms with van der Waals surface area (Å²) in [5, 5.41) is 9.61. The third-order valence-corrected chi connectivity index (χ3v) is 3.70. The predicted octanol–water partition coefficient (Wildman–Crippen LogP) is 4.10. The number of aromatic hydroxyl groups is 1. The highest BCUT2D eigenvalue weighted by atomic mass is 35.5. The van der Waals surface area contributed by atoms with Crippen molar-refractivity contribution < 1.29 is 9.50 Å². The SMILES string of the molecule is CCC[C@H](CCN(C)C)Cc1cc(O)cc(F)c1Cl. The van der Waals surface area contributed by atoms with Gasteiger partial charge in [-0.05, 0) is 51.0 Å². The highest BCUT2D eigenvalue weighted by Crippen LogP contribution is 2.29. The summed E-state index contributed by atoms with van der Waals surface area (Å²) in [5.41, 5.74) is 0.705. The van der Waals surface area contributed by atoms with Gasteiger partial charge in [0.05, 0.1) is 5.02 Å². The molecule has 0 fully saturated rings. The first-order valence-electron chi connectivity index (χ1n) is 6.75. The summed E-state index contributed by atoms with van der Waals surface area (Å²) in [5.74, 6) is -0.134. The Morgan fingerprint density at radius 3 is 2.58 bits per heavy atom. The third-order valence-electron chi connectivity index (χ3n) is 3.28. The van der Waals surface area contributed by atoms with E-state index < -0.39 is 5.82 Å². The zero-order chi connectivity index (χ0) is 14.4. The Kier molecular flexibility index (Phi) is 6.59. The van der Waals surface area contributed by atoms with Crippen LogP contribution in [0.25, 0.3) is 0 Å². The lowest BCUT2D eigenvalue weighted by Crippen LogP contribution is -2.18. The van der Waals surface area contributed by atoms with Gasteiger partial charge in [0.15, 0.2) is 0 Å². The fraction of sp³-hybridized carbons (Fsp3) is 0.600. The second kappa shape index (κ2) is 7.71. The van der Waals surface area contributed by atoms with E-state index in [1.807, 2.05) is 14.1 Å². The molecule has 0 heterocycles. The average Bonchev–Trinajstić information content (AvgIpc) is 2.32. The van der Waals surface area contributed by atoms with E-state index in [1.54, 1.807) is 6.07 Å². The number of hydrogen-bond donors (Lipinski definition) is 1. The van der Waals surface area contributed by atoms with Crippen molar-refractivity contribution in [2.45, 2.75) is 32.6 Å². The Morgan fingerprint density at radius 2 is 2.00 bits per heavy atom. The van der Waals surface area contributed by atoms with E-state index in [4.69, 9.17) is 11.6 Å². The zero-order valence-electron chi connectivity index (χ0n) is 11.9. The second-order valence-corrected chi connectivity index (χ2v) is 5.73. The molecule has 1 N–H and O–H groups in total. The maximum atomic E-state index is 13.5. The van der Waals surface area contributed by atoms with Gasteiger partial charge in [-0.3, -0.25) is 0 Å². The van der Waals surface area contributed by atoms with Crippen LogP contribution in [-0.4, -0.2) is 30.6 Å². The van der Waals surface area contributed by atoms with Crippen LogP contribution in [0.15, 0.2) is 12.1 Å². The van der Waals surface area contributed by atoms with Crippen LogP contribution in [0, 0.1) is 11.7 Å². The summed E-state index contributed by atoms with van der Waals surface area (Å²) < 4.78 is 13.5. The van der Waals surface area contributed by atoms with Crippen molar-refractivity contribution in [3.8, 4) is 5.75 Å². The number of benzene rings is 1. The normalized spacial score (nSPS) is 12.9. The minimum atomic E-state index is -0.542. The molecule has 0 saturated carbocycles. The molecule has 1 atom stereocenters. The van der Waals surface area contributed by atoms with E-state index in [2.05, 4.69) is 11.8 Å². The molecule has 19 heavy (non-hydrogen) atoms. The Bertz CT molecular complexity index is 409. The van der Waals surface area contributed by atoms with Gasteiger partial charge in [0.2, 0.25) is 0 Å². The van der Waals surface area contributed by atoms with Gasteiger partial charge >= 0.3 is 0 Å². The molecular weight excluding hydrogens is 265 g/mol. The molecule has 0 aliphatic rings. The van der Waals surface area contributed by atoms with Gasteiger partial charge < -0.3 is 10.0 Å². The van der Waals surface area contributed by atoms with Crippen LogP contribution in [0.4, 0.5) is 4.39 Å². The molecule has 2 nitrogen and oxygen atoms in total. The minimum absolute atomic E-state index is 0.0558. The van der Waals surface area contributed by atoms with Crippen LogP contribution in [0.1, 0.15) is 31.7 Å². The summed E-state index contributed by atoms with van der Waals surface area (Å²) in [6.07, 6.45) is 3.94. The molecule has 0 radical (unpaired) electrons. The monoisotopic (exact) mass is 287 g/mol. The third kappa shape index (κ3) is 5.37. The van der Waals surface area contributed by atoms with Crippen molar-refractivity contribution in [1.82, 2.24) is 4.90 Å². The number of rotatable bonds is 7. The topological polar surface area (TPSA) is 23.5 Å². The summed E-state index contributed by atoms with van der Waals surface area (Å²) in [7, 11) is 4.09. The molecule has 1 aromatic rings. The van der Waals surface area contributed by atoms with Crippen molar-refractivity contribution in [3.05, 3.63) is 28.5 Å². The smallest absolute Gasteiger partial charge is 0.145 e. The van der Waals surface area contributed by atoms with Crippen molar-refractivity contribution >= 4 is 11.6 Å². The molecule has 0 aliphatic carbocycles. The first-order chi connectivity index (χ1) is 8.93. The van der Waals surface area contributed by atoms with Gasteiger partial charge in [-0.25, -0.2) is 4.39 Å². The molecule has 0 aromatic heterocycles. The molecular formula is C15H23ClFNO. The molecule has 0 saturated heterocycles. The van der Waals surface area contributed by atoms with Gasteiger partial charge in [0.1, 0.15) is 11.6 Å². The van der Waals surface area contributed by atoms with Gasteiger partial charge in [-0.2, -0.15) is 0 Å². The summed E-state index contributed by atoms with van der Waals surface area (Å²) in [6, 6.07) is 2.63. The molecule has 0 spiro atoms. The van der Waals surface area contributed by atoms with Crippen LogP contribution >= 0.6 is 11.6 Å². The molecule has 0 unspecified atom stereocenters. The highest BCUT2D eigenvalue weighted by molar-refractivity contribution is 6.31. The van der Waals surface area contributed by atoms with Gasteiger partial charge in [0, 0.05) is 6.07 Å². The Balaban J connectivity index is 2.78. The van der Waals surface area contributed by atoms with E-state index >= 15 is 0 Å². The Labute approximate surface area is 120 Å². The van der Waals surface area contributed by atoms with Gasteiger partial charge in [-0.1, -0.05) is 31.4 Å². The van der Waals surface area contributed by atoms with Gasteiger partial charge in [-0.15, -0.1) is 0 Å². The maximum Gasteiger partial charge on any atom is 0.145 e. The van der Waals surface area contributed by atoms with Crippen molar-refractivity contribution in [1.29, 1.82) is 0 Å². The number of hydrogen-bond acceptors (Lipinski definition) is 2. The first-order valence-corrected chi connectivity index (χ1v) is 7.13. The largest absolute Gasteiger partial charge is 0.508 e. The number of phenolic OH excluding ortho intramolecular Hbond substituents is 1. The van der Waals surface area contributed by atoms with E-state index in [0.29, 0.717) is 17.9 Å². The second-order valence-electron chi connectivity index (χ2n) is 5.35. The summed E-state index contributed by atoms with van der Waals surface area (Å²) >= 11 is 5.98. The van der Waals surface area contributed by atoms with Gasteiger partial charge in [0.25, 0.3) is 0 Å². The van der Waals surface area contributed by atoms with Crippen molar-refractivity contribution in [3.63, 3.8) is 0 Å². The highest BCUT2D eigenvalue weighted by Gasteiger charge is 2.15. The fourth-order valence-corrected chi connectivity index (χ4v) is 2.47. The molecule has 0 amide bonds. The molecule has 0 bridgehead atoms. The Hall–Kier alpha value is -0.800. The fourth-order valence-electron chi connectivity index (χ4n) is 2.29. The van der Waals surface area contributed by atoms with Crippen LogP contribution in [0.5, 0.6) is 5.75 Å². The zero-order valence-corrected chi connectivity index (χ0v) is 12.7. The average molecular weight is 288 g/mol. The molecule has 108 valence electrons. The standard InChI is InChI=1S/C15H23ClFNO/c1-4-5-11(6-7-18(2)3)8-12-9-13(19)10-14(17)15(12)16/h9-11,19H,4-8H2,1-3H3/t11-/m1/s1. The lowest BCUT2D eigenvalue weighted by atomic mass is 9.91. The maximum absolute atomic E-state index is 13.5. The number of nitrogens with zero attached hydrogens (tertiary/aromatic N) is 1. The Morgan fingerprint density at radius 1 is 1.32 bits per heavy atom. The van der Waals surface area contributed by atoms with E-state index in [-0.39, 0.29) is 10.8 Å². The van der Waals surface area contributed by atoms with Crippen molar-refractivity contribution in [2.75, 3.05) is 20.6 Å². The van der Waals surface area contributed by atoms with Crippen LogP contribution < -0.4 is 0 Å². The van der Waals surface area contributed by atoms with Crippen LogP contribution in [0.2, 0.25) is 5.02 Å². The molecule has 4 heteroatoms. The summed E-state index contributed by atoms with van der Waals surface area (Å²) in [4.78, 5) is 2.15. The molecule has 1 rings (SSSR count). The molecule has 0 aliphatic heterocycles. The van der Waals surface area contributed by atoms with Crippen LogP contribution in [0.3, 0.4) is 0 Å². The number of phenols is 1. The summed E-state index contributed by atoms with van der Waals surface area (Å²) in [6.45, 7) is 3.15.